The van der Waals surface area contributed by atoms with Gasteiger partial charge in [-0.25, -0.2) is 12.7 Å². The zero-order valence-electron chi connectivity index (χ0n) is 13.0. The Morgan fingerprint density at radius 1 is 1.14 bits per heavy atom. The number of hydrogen-bond donors (Lipinski definition) is 0. The van der Waals surface area contributed by atoms with Crippen LogP contribution in [0.3, 0.4) is 0 Å². The number of hydrogen-bond acceptors (Lipinski definition) is 4. The summed E-state index contributed by atoms with van der Waals surface area (Å²) in [5, 5.41) is 0. The lowest BCUT2D eigenvalue weighted by molar-refractivity contribution is -0.110. The first kappa shape index (κ1) is 17.1. The van der Waals surface area contributed by atoms with Crippen molar-refractivity contribution in [1.29, 1.82) is 0 Å². The largest absolute Gasteiger partial charge is 0.305 e. The first-order chi connectivity index (χ1) is 10.5. The molecule has 1 aromatic rings. The molecule has 1 aromatic carbocycles. The predicted molar refractivity (Wildman–Crippen MR) is 87.2 cm³/mol. The van der Waals surface area contributed by atoms with Gasteiger partial charge in [0.05, 0.1) is 5.75 Å². The Kier molecular flexibility index (Phi) is 6.11. The van der Waals surface area contributed by atoms with Gasteiger partial charge in [0, 0.05) is 25.6 Å². The molecule has 2 rings (SSSR count). The van der Waals surface area contributed by atoms with Crippen LogP contribution in [0.15, 0.2) is 30.3 Å². The molecule has 0 radical (unpaired) electrons. The molecule has 122 valence electrons. The third kappa shape index (κ3) is 4.90. The number of aldehydes is 1. The SMILES string of the molecule is CN1CCCN(S(=O)(=O)C[C@H](C=O)Cc2ccccc2)CC1. The minimum Gasteiger partial charge on any atom is -0.305 e. The third-order valence-electron chi connectivity index (χ3n) is 4.03. The quantitative estimate of drug-likeness (QED) is 0.733. The van der Waals surface area contributed by atoms with E-state index in [0.29, 0.717) is 19.5 Å². The molecule has 1 aliphatic rings. The van der Waals surface area contributed by atoms with E-state index >= 15 is 0 Å². The predicted octanol–water partition coefficient (Wildman–Crippen LogP) is 1.01. The van der Waals surface area contributed by atoms with Gasteiger partial charge in [-0.15, -0.1) is 0 Å². The van der Waals surface area contributed by atoms with Gasteiger partial charge in [-0.2, -0.15) is 0 Å². The summed E-state index contributed by atoms with van der Waals surface area (Å²) in [6.45, 7) is 2.70. The summed E-state index contributed by atoms with van der Waals surface area (Å²) >= 11 is 0. The van der Waals surface area contributed by atoms with Crippen molar-refractivity contribution in [1.82, 2.24) is 9.21 Å². The molecule has 1 atom stereocenters. The van der Waals surface area contributed by atoms with Crippen LogP contribution in [0.25, 0.3) is 0 Å². The van der Waals surface area contributed by atoms with Crippen molar-refractivity contribution in [2.75, 3.05) is 39.0 Å². The maximum Gasteiger partial charge on any atom is 0.214 e. The van der Waals surface area contributed by atoms with Crippen LogP contribution < -0.4 is 0 Å². The van der Waals surface area contributed by atoms with Gasteiger partial charge in [-0.1, -0.05) is 30.3 Å². The molecule has 0 aromatic heterocycles. The molecule has 1 heterocycles. The molecule has 0 aliphatic carbocycles. The molecule has 22 heavy (non-hydrogen) atoms. The summed E-state index contributed by atoms with van der Waals surface area (Å²) in [7, 11) is -1.39. The second-order valence-electron chi connectivity index (χ2n) is 5.92. The molecule has 0 amide bonds. The van der Waals surface area contributed by atoms with Crippen LogP contribution in [0.1, 0.15) is 12.0 Å². The van der Waals surface area contributed by atoms with Crippen molar-refractivity contribution in [3.8, 4) is 0 Å². The summed E-state index contributed by atoms with van der Waals surface area (Å²) in [4.78, 5) is 13.4. The van der Waals surface area contributed by atoms with Crippen LogP contribution in [-0.2, 0) is 21.2 Å². The van der Waals surface area contributed by atoms with Crippen LogP contribution in [0.2, 0.25) is 0 Å². The van der Waals surface area contributed by atoms with Crippen molar-refractivity contribution in [3.05, 3.63) is 35.9 Å². The molecule has 1 fully saturated rings. The molecule has 0 bridgehead atoms. The standard InChI is InChI=1S/C16H24N2O3S/c1-17-8-5-9-18(11-10-17)22(20,21)14-16(13-19)12-15-6-3-2-4-7-15/h2-4,6-7,13,16H,5,8-12,14H2,1H3/t16-/m0/s1. The van der Waals surface area contributed by atoms with Gasteiger partial charge in [-0.05, 0) is 32.0 Å². The molecule has 5 nitrogen and oxygen atoms in total. The fourth-order valence-corrected chi connectivity index (χ4v) is 4.46. The summed E-state index contributed by atoms with van der Waals surface area (Å²) in [6, 6.07) is 9.55. The molecule has 1 aliphatic heterocycles. The summed E-state index contributed by atoms with van der Waals surface area (Å²) < 4.78 is 26.6. The zero-order valence-corrected chi connectivity index (χ0v) is 13.8. The van der Waals surface area contributed by atoms with E-state index in [1.165, 1.54) is 4.31 Å². The highest BCUT2D eigenvalue weighted by molar-refractivity contribution is 7.89. The number of carbonyl (C=O) groups is 1. The van der Waals surface area contributed by atoms with Crippen LogP contribution in [-0.4, -0.2) is 62.9 Å². The Labute approximate surface area is 133 Å². The smallest absolute Gasteiger partial charge is 0.214 e. The molecular weight excluding hydrogens is 300 g/mol. The van der Waals surface area contributed by atoms with Crippen LogP contribution in [0, 0.1) is 5.92 Å². The van der Waals surface area contributed by atoms with E-state index in [9.17, 15) is 13.2 Å². The van der Waals surface area contributed by atoms with Crippen LogP contribution in [0.5, 0.6) is 0 Å². The summed E-state index contributed by atoms with van der Waals surface area (Å²) in [5.74, 6) is -0.594. The normalized spacial score (nSPS) is 19.5. The monoisotopic (exact) mass is 324 g/mol. The van der Waals surface area contributed by atoms with E-state index in [1.54, 1.807) is 0 Å². The van der Waals surface area contributed by atoms with Crippen molar-refractivity contribution in [2.45, 2.75) is 12.8 Å². The molecule has 6 heteroatoms. The van der Waals surface area contributed by atoms with Crippen LogP contribution >= 0.6 is 0 Å². The first-order valence-corrected chi connectivity index (χ1v) is 9.28. The highest BCUT2D eigenvalue weighted by Crippen LogP contribution is 2.14. The fraction of sp³-hybridized carbons (Fsp3) is 0.562. The first-order valence-electron chi connectivity index (χ1n) is 7.67. The lowest BCUT2D eigenvalue weighted by atomic mass is 10.0. The minimum absolute atomic E-state index is 0.102. The Balaban J connectivity index is 2.00. The summed E-state index contributed by atoms with van der Waals surface area (Å²) in [6.07, 6.45) is 2.08. The van der Waals surface area contributed by atoms with E-state index in [2.05, 4.69) is 4.90 Å². The van der Waals surface area contributed by atoms with Crippen molar-refractivity contribution in [3.63, 3.8) is 0 Å². The second-order valence-corrected chi connectivity index (χ2v) is 7.93. The summed E-state index contributed by atoms with van der Waals surface area (Å²) in [5.41, 5.74) is 0.991. The topological polar surface area (TPSA) is 57.7 Å². The maximum atomic E-state index is 12.6. The molecule has 1 saturated heterocycles. The zero-order chi connectivity index (χ0) is 16.0. The van der Waals surface area contributed by atoms with Gasteiger partial charge in [0.1, 0.15) is 6.29 Å². The van der Waals surface area contributed by atoms with Gasteiger partial charge in [0.25, 0.3) is 0 Å². The average Bonchev–Trinajstić information content (AvgIpc) is 2.72. The van der Waals surface area contributed by atoms with E-state index in [-0.39, 0.29) is 5.75 Å². The molecule has 0 saturated carbocycles. The highest BCUT2D eigenvalue weighted by atomic mass is 32.2. The lowest BCUT2D eigenvalue weighted by Gasteiger charge is -2.22. The number of nitrogens with zero attached hydrogens (tertiary/aromatic N) is 2. The third-order valence-corrected chi connectivity index (χ3v) is 6.03. The molecular formula is C16H24N2O3S. The van der Waals surface area contributed by atoms with E-state index in [0.717, 1.165) is 31.4 Å². The molecule has 0 unspecified atom stereocenters. The number of likely N-dealkylation sites (N-methyl/N-ethyl adjacent to an activating group) is 1. The van der Waals surface area contributed by atoms with Gasteiger partial charge in [0.15, 0.2) is 0 Å². The van der Waals surface area contributed by atoms with E-state index in [4.69, 9.17) is 0 Å². The Morgan fingerprint density at radius 2 is 1.86 bits per heavy atom. The van der Waals surface area contributed by atoms with Gasteiger partial charge >= 0.3 is 0 Å². The van der Waals surface area contributed by atoms with E-state index in [1.807, 2.05) is 37.4 Å². The van der Waals surface area contributed by atoms with Gasteiger partial charge in [0.2, 0.25) is 10.0 Å². The number of carbonyl (C=O) groups excluding carboxylic acids is 1. The Hall–Kier alpha value is -1.24. The second kappa shape index (κ2) is 7.85. The van der Waals surface area contributed by atoms with Crippen molar-refractivity contribution < 1.29 is 13.2 Å². The Morgan fingerprint density at radius 3 is 2.55 bits per heavy atom. The molecule has 0 spiro atoms. The van der Waals surface area contributed by atoms with Crippen LogP contribution in [0.4, 0.5) is 0 Å². The fourth-order valence-electron chi connectivity index (χ4n) is 2.74. The Bertz CT molecular complexity index is 574. The maximum absolute atomic E-state index is 12.6. The van der Waals surface area contributed by atoms with E-state index < -0.39 is 15.9 Å². The minimum atomic E-state index is -3.39. The van der Waals surface area contributed by atoms with Crippen molar-refractivity contribution >= 4 is 16.3 Å². The van der Waals surface area contributed by atoms with Gasteiger partial charge in [-0.3, -0.25) is 0 Å². The number of sulfonamides is 1. The highest BCUT2D eigenvalue weighted by Gasteiger charge is 2.27. The van der Waals surface area contributed by atoms with Gasteiger partial charge < -0.3 is 9.69 Å². The van der Waals surface area contributed by atoms with Crippen molar-refractivity contribution in [2.24, 2.45) is 5.92 Å². The average molecular weight is 324 g/mol. The number of benzene rings is 1. The molecule has 0 N–H and O–H groups in total. The lowest BCUT2D eigenvalue weighted by Crippen LogP contribution is -2.38. The number of rotatable bonds is 6.